The Morgan fingerprint density at radius 3 is 2.04 bits per heavy atom. The Labute approximate surface area is 139 Å². The van der Waals surface area contributed by atoms with Crippen molar-refractivity contribution in [1.29, 1.82) is 0 Å². The third kappa shape index (κ3) is 4.11. The van der Waals surface area contributed by atoms with Crippen LogP contribution in [0.25, 0.3) is 0 Å². The van der Waals surface area contributed by atoms with Crippen molar-refractivity contribution in [2.45, 2.75) is 56.2 Å². The van der Waals surface area contributed by atoms with Crippen molar-refractivity contribution >= 4 is 22.4 Å². The first-order valence-corrected chi connectivity index (χ1v) is 8.49. The molecule has 10 heteroatoms. The van der Waals surface area contributed by atoms with Gasteiger partial charge in [0.15, 0.2) is 0 Å². The molecule has 0 spiro atoms. The van der Waals surface area contributed by atoms with Crippen molar-refractivity contribution < 1.29 is 36.4 Å². The predicted molar refractivity (Wildman–Crippen MR) is 83.5 cm³/mol. The maximum absolute atomic E-state index is 12.7. The summed E-state index contributed by atoms with van der Waals surface area (Å²) in [6.07, 6.45) is 0. The first-order valence-electron chi connectivity index (χ1n) is 7.01. The first-order chi connectivity index (χ1) is 10.5. The lowest BCUT2D eigenvalue weighted by atomic mass is 9.74. The van der Waals surface area contributed by atoms with E-state index >= 15 is 0 Å². The zero-order valence-electron chi connectivity index (χ0n) is 14.0. The van der Waals surface area contributed by atoms with Crippen molar-refractivity contribution in [3.8, 4) is 0 Å². The molecule has 5 nitrogen and oxygen atoms in total. The molecule has 1 aromatic carbocycles. The number of aliphatic hydroxyl groups is 1. The molecule has 0 aliphatic heterocycles. The summed E-state index contributed by atoms with van der Waals surface area (Å²) >= 11 is 0. The largest absolute Gasteiger partial charge is 0.501 e. The van der Waals surface area contributed by atoms with Crippen LogP contribution in [0.3, 0.4) is 0 Å². The maximum Gasteiger partial charge on any atom is 0.501 e. The minimum Gasteiger partial charge on any atom is -0.423 e. The normalized spacial score (nSPS) is 13.9. The zero-order chi connectivity index (χ0) is 19.1. The molecule has 0 amide bonds. The monoisotopic (exact) mass is 368 g/mol. The lowest BCUT2D eigenvalue weighted by Crippen LogP contribution is -2.53. The maximum atomic E-state index is 12.7. The summed E-state index contributed by atoms with van der Waals surface area (Å²) in [7, 11) is -7.25. The number of hydrogen-bond acceptors (Lipinski definition) is 5. The Kier molecular flexibility index (Phi) is 5.52. The Balaban J connectivity index is 3.30. The molecule has 1 rings (SSSR count). The fourth-order valence-electron chi connectivity index (χ4n) is 1.67. The summed E-state index contributed by atoms with van der Waals surface area (Å²) in [6.45, 7) is 7.35. The van der Waals surface area contributed by atoms with E-state index in [2.05, 4.69) is 0 Å². The van der Waals surface area contributed by atoms with E-state index in [1.807, 2.05) is 0 Å². The molecular formula is C14H20BF3O5S. The molecule has 0 aromatic heterocycles. The Bertz CT molecular complexity index is 708. The molecule has 0 radical (unpaired) electrons. The second-order valence-electron chi connectivity index (χ2n) is 6.51. The van der Waals surface area contributed by atoms with E-state index in [1.165, 1.54) is 34.6 Å². The standard InChI is InChI=1S/C14H20BF3O5S/c1-9-6-7-10(24(21,22)14(16,17)18)8-11(9)15(20)23-13(4,5)12(2,3)19/h6-8,19-20H,1-5H3. The van der Waals surface area contributed by atoms with Crippen LogP contribution in [0.1, 0.15) is 33.3 Å². The van der Waals surface area contributed by atoms with Crippen LogP contribution in [-0.2, 0) is 14.5 Å². The van der Waals surface area contributed by atoms with Gasteiger partial charge in [0.1, 0.15) is 0 Å². The molecule has 24 heavy (non-hydrogen) atoms. The number of benzene rings is 1. The van der Waals surface area contributed by atoms with Crippen LogP contribution in [0, 0.1) is 6.92 Å². The summed E-state index contributed by atoms with van der Waals surface area (Å²) in [5, 5.41) is 20.2. The third-order valence-electron chi connectivity index (χ3n) is 4.01. The quantitative estimate of drug-likeness (QED) is 0.771. The van der Waals surface area contributed by atoms with E-state index in [4.69, 9.17) is 4.65 Å². The Morgan fingerprint density at radius 1 is 1.12 bits per heavy atom. The van der Waals surface area contributed by atoms with E-state index in [9.17, 15) is 31.7 Å². The van der Waals surface area contributed by atoms with E-state index in [1.54, 1.807) is 0 Å². The summed E-state index contributed by atoms with van der Waals surface area (Å²) in [4.78, 5) is -0.987. The molecule has 2 N–H and O–H groups in total. The lowest BCUT2D eigenvalue weighted by Gasteiger charge is -2.38. The van der Waals surface area contributed by atoms with Gasteiger partial charge >= 0.3 is 12.6 Å². The minimum atomic E-state index is -5.54. The van der Waals surface area contributed by atoms with Crippen molar-refractivity contribution in [2.75, 3.05) is 0 Å². The highest BCUT2D eigenvalue weighted by Crippen LogP contribution is 2.30. The summed E-state index contributed by atoms with van der Waals surface area (Å²) in [5.41, 5.74) is -7.85. The van der Waals surface area contributed by atoms with Gasteiger partial charge in [-0.25, -0.2) is 8.42 Å². The van der Waals surface area contributed by atoms with Crippen molar-refractivity contribution in [2.24, 2.45) is 0 Å². The second-order valence-corrected chi connectivity index (χ2v) is 8.45. The van der Waals surface area contributed by atoms with E-state index in [0.717, 1.165) is 18.2 Å². The van der Waals surface area contributed by atoms with E-state index < -0.39 is 38.6 Å². The van der Waals surface area contributed by atoms with Crippen LogP contribution in [0.5, 0.6) is 0 Å². The van der Waals surface area contributed by atoms with Gasteiger partial charge in [0.25, 0.3) is 9.84 Å². The van der Waals surface area contributed by atoms with Gasteiger partial charge in [-0.1, -0.05) is 11.6 Å². The fourth-order valence-corrected chi connectivity index (χ4v) is 2.47. The Morgan fingerprint density at radius 2 is 1.62 bits per heavy atom. The molecular weight excluding hydrogens is 348 g/mol. The van der Waals surface area contributed by atoms with Gasteiger partial charge in [-0.2, -0.15) is 13.2 Å². The highest BCUT2D eigenvalue weighted by atomic mass is 32.2. The van der Waals surface area contributed by atoms with Crippen LogP contribution >= 0.6 is 0 Å². The van der Waals surface area contributed by atoms with Gasteiger partial charge in [-0.3, -0.25) is 0 Å². The molecule has 0 atom stereocenters. The Hall–Kier alpha value is -1.10. The first kappa shape index (κ1) is 20.9. The topological polar surface area (TPSA) is 83.8 Å². The van der Waals surface area contributed by atoms with Gasteiger partial charge in [-0.15, -0.1) is 0 Å². The molecule has 0 unspecified atom stereocenters. The van der Waals surface area contributed by atoms with Gasteiger partial charge < -0.3 is 14.8 Å². The average Bonchev–Trinajstić information content (AvgIpc) is 2.35. The van der Waals surface area contributed by atoms with Gasteiger partial charge in [0.2, 0.25) is 0 Å². The molecule has 0 aliphatic rings. The van der Waals surface area contributed by atoms with Crippen LogP contribution in [0.4, 0.5) is 13.2 Å². The van der Waals surface area contributed by atoms with Gasteiger partial charge in [0, 0.05) is 0 Å². The molecule has 0 fully saturated rings. The number of rotatable bonds is 5. The number of hydrogen-bond donors (Lipinski definition) is 2. The SMILES string of the molecule is Cc1ccc(S(=O)(=O)C(F)(F)F)cc1B(O)OC(C)(C)C(C)(C)O. The zero-order valence-corrected chi connectivity index (χ0v) is 14.8. The second kappa shape index (κ2) is 6.32. The predicted octanol–water partition coefficient (Wildman–Crippen LogP) is 1.54. The highest BCUT2D eigenvalue weighted by Gasteiger charge is 2.47. The molecule has 0 bridgehead atoms. The third-order valence-corrected chi connectivity index (χ3v) is 5.50. The lowest BCUT2D eigenvalue weighted by molar-refractivity contribution is -0.0982. The summed E-state index contributed by atoms with van der Waals surface area (Å²) in [6, 6.07) is 2.69. The van der Waals surface area contributed by atoms with Crippen LogP contribution in [0.15, 0.2) is 23.1 Å². The van der Waals surface area contributed by atoms with Crippen molar-refractivity contribution in [1.82, 2.24) is 0 Å². The highest BCUT2D eigenvalue weighted by molar-refractivity contribution is 7.92. The van der Waals surface area contributed by atoms with E-state index in [-0.39, 0.29) is 5.46 Å². The average molecular weight is 368 g/mol. The van der Waals surface area contributed by atoms with Crippen LogP contribution in [-0.4, -0.2) is 42.4 Å². The molecule has 0 heterocycles. The van der Waals surface area contributed by atoms with Crippen LogP contribution in [0.2, 0.25) is 0 Å². The van der Waals surface area contributed by atoms with Crippen molar-refractivity contribution in [3.05, 3.63) is 23.8 Å². The smallest absolute Gasteiger partial charge is 0.423 e. The number of sulfone groups is 1. The number of halogens is 3. The van der Waals surface area contributed by atoms with Gasteiger partial charge in [-0.05, 0) is 52.2 Å². The summed E-state index contributed by atoms with van der Waals surface area (Å²) < 4.78 is 66.3. The fraction of sp³-hybridized carbons (Fsp3) is 0.571. The number of aryl methyl sites for hydroxylation is 1. The molecule has 0 saturated heterocycles. The molecule has 136 valence electrons. The minimum absolute atomic E-state index is 0.127. The van der Waals surface area contributed by atoms with Gasteiger partial charge in [0.05, 0.1) is 16.1 Å². The molecule has 0 aliphatic carbocycles. The number of alkyl halides is 3. The summed E-state index contributed by atoms with van der Waals surface area (Å²) in [5.74, 6) is 0. The van der Waals surface area contributed by atoms with Crippen LogP contribution < -0.4 is 5.46 Å². The molecule has 1 aromatic rings. The van der Waals surface area contributed by atoms with E-state index in [0.29, 0.717) is 5.56 Å². The van der Waals surface area contributed by atoms with Crippen molar-refractivity contribution in [3.63, 3.8) is 0 Å². The molecule has 0 saturated carbocycles.